The fourth-order valence-corrected chi connectivity index (χ4v) is 3.98. The highest BCUT2D eigenvalue weighted by Crippen LogP contribution is 2.30. The van der Waals surface area contributed by atoms with Crippen LogP contribution in [0.25, 0.3) is 0 Å². The van der Waals surface area contributed by atoms with Crippen LogP contribution in [0.15, 0.2) is 52.2 Å². The van der Waals surface area contributed by atoms with Crippen molar-refractivity contribution in [3.63, 3.8) is 0 Å². The lowest BCUT2D eigenvalue weighted by atomic mass is 10.0. The molecule has 5 atom stereocenters. The van der Waals surface area contributed by atoms with E-state index in [2.05, 4.69) is 15.6 Å². The van der Waals surface area contributed by atoms with Gasteiger partial charge in [-0.3, -0.25) is 23.9 Å². The molecule has 1 aromatic carbocycles. The first-order chi connectivity index (χ1) is 17.3. The molecule has 0 bridgehead atoms. The van der Waals surface area contributed by atoms with Crippen molar-refractivity contribution in [1.82, 2.24) is 20.2 Å². The zero-order chi connectivity index (χ0) is 26.1. The van der Waals surface area contributed by atoms with Gasteiger partial charge in [0.25, 0.3) is 5.56 Å². The van der Waals surface area contributed by atoms with E-state index < -0.39 is 47.7 Å². The van der Waals surface area contributed by atoms with Crippen LogP contribution in [0.4, 0.5) is 0 Å². The number of nitrogens with one attached hydrogen (secondary N) is 3. The molecule has 1 saturated heterocycles. The van der Waals surface area contributed by atoms with E-state index in [1.54, 1.807) is 7.11 Å². The van der Waals surface area contributed by atoms with Crippen LogP contribution in [-0.2, 0) is 25.5 Å². The number of carbonyl (C=O) groups excluding carboxylic acids is 2. The van der Waals surface area contributed by atoms with E-state index >= 15 is 0 Å². The Morgan fingerprint density at radius 3 is 2.61 bits per heavy atom. The third-order valence-corrected chi connectivity index (χ3v) is 5.88. The summed E-state index contributed by atoms with van der Waals surface area (Å²) in [5, 5.41) is 26.3. The van der Waals surface area contributed by atoms with Gasteiger partial charge in [0.05, 0.1) is 6.10 Å². The third kappa shape index (κ3) is 7.34. The van der Waals surface area contributed by atoms with E-state index in [9.17, 15) is 29.4 Å². The Labute approximate surface area is 207 Å². The molecule has 1 aliphatic rings. The highest BCUT2D eigenvalue weighted by atomic mass is 16.6. The van der Waals surface area contributed by atoms with Crippen molar-refractivity contribution in [1.29, 1.82) is 0 Å². The first-order valence-corrected chi connectivity index (χ1v) is 11.7. The van der Waals surface area contributed by atoms with Crippen molar-refractivity contribution >= 4 is 11.8 Å². The van der Waals surface area contributed by atoms with Gasteiger partial charge < -0.3 is 30.3 Å². The molecule has 196 valence electrons. The van der Waals surface area contributed by atoms with Crippen LogP contribution in [0.3, 0.4) is 0 Å². The van der Waals surface area contributed by atoms with Crippen molar-refractivity contribution in [3.05, 3.63) is 69.0 Å². The molecule has 2 amide bonds. The van der Waals surface area contributed by atoms with Crippen molar-refractivity contribution in [3.8, 4) is 0 Å². The second-order valence-corrected chi connectivity index (χ2v) is 8.55. The minimum absolute atomic E-state index is 0.0339. The van der Waals surface area contributed by atoms with Crippen molar-refractivity contribution in [2.24, 2.45) is 0 Å². The minimum atomic E-state index is -1.44. The normalized spacial score (nSPS) is 22.2. The van der Waals surface area contributed by atoms with E-state index in [0.29, 0.717) is 26.0 Å². The molecule has 0 saturated carbocycles. The Kier molecular flexibility index (Phi) is 9.94. The smallest absolute Gasteiger partial charge is 0.330 e. The summed E-state index contributed by atoms with van der Waals surface area (Å²) in [5.41, 5.74) is -0.524. The standard InChI is InChI=1S/C24H32N4O8/c1-35-13-5-11-25-22(33)16(14-15-6-3-2-4-7-15)26-18(29)9-8-17-20(31)21(32)23(36-17)28-12-10-19(30)27-24(28)34/h2-4,6-7,10,12,16-17,20-21,23,31-32H,5,8-9,11,13-14H2,1H3,(H,25,33)(H,26,29)(H,27,30,34)/t16-,17-,20-,21-,23-/m1/s1. The highest BCUT2D eigenvalue weighted by Gasteiger charge is 2.44. The van der Waals surface area contributed by atoms with Crippen LogP contribution in [-0.4, -0.2) is 76.2 Å². The maximum absolute atomic E-state index is 12.7. The summed E-state index contributed by atoms with van der Waals surface area (Å²) < 4.78 is 11.6. The van der Waals surface area contributed by atoms with Crippen LogP contribution >= 0.6 is 0 Å². The number of aromatic nitrogens is 2. The van der Waals surface area contributed by atoms with Crippen LogP contribution in [0.1, 0.15) is 31.1 Å². The van der Waals surface area contributed by atoms with E-state index in [1.807, 2.05) is 30.3 Å². The molecule has 3 rings (SSSR count). The molecule has 12 heteroatoms. The number of ether oxygens (including phenoxy) is 2. The molecule has 5 N–H and O–H groups in total. The first-order valence-electron chi connectivity index (χ1n) is 11.7. The topological polar surface area (TPSA) is 172 Å². The lowest BCUT2D eigenvalue weighted by molar-refractivity contribution is -0.129. The summed E-state index contributed by atoms with van der Waals surface area (Å²) in [6, 6.07) is 9.56. The number of H-pyrrole nitrogens is 1. The molecule has 2 aromatic rings. The number of aromatic amines is 1. The van der Waals surface area contributed by atoms with Gasteiger partial charge in [-0.05, 0) is 18.4 Å². The second kappa shape index (κ2) is 13.1. The largest absolute Gasteiger partial charge is 0.388 e. The van der Waals surface area contributed by atoms with Crippen LogP contribution in [0, 0.1) is 0 Å². The van der Waals surface area contributed by atoms with Gasteiger partial charge in [-0.25, -0.2) is 4.79 Å². The Balaban J connectivity index is 1.59. The zero-order valence-corrected chi connectivity index (χ0v) is 20.0. The molecule has 0 radical (unpaired) electrons. The molecule has 1 aliphatic heterocycles. The lowest BCUT2D eigenvalue weighted by Crippen LogP contribution is -2.48. The van der Waals surface area contributed by atoms with Gasteiger partial charge in [0.2, 0.25) is 11.8 Å². The number of nitrogens with zero attached hydrogens (tertiary/aromatic N) is 1. The number of benzene rings is 1. The summed E-state index contributed by atoms with van der Waals surface area (Å²) in [6.45, 7) is 0.900. The second-order valence-electron chi connectivity index (χ2n) is 8.55. The minimum Gasteiger partial charge on any atom is -0.388 e. The molecule has 36 heavy (non-hydrogen) atoms. The molecule has 0 unspecified atom stereocenters. The van der Waals surface area contributed by atoms with Gasteiger partial charge >= 0.3 is 5.69 Å². The summed E-state index contributed by atoms with van der Waals surface area (Å²) >= 11 is 0. The SMILES string of the molecule is COCCCNC(=O)[C@@H](Cc1ccccc1)NC(=O)CC[C@H]1O[C@@H](n2ccc(=O)[nH]c2=O)[C@H](O)[C@@H]1O. The Morgan fingerprint density at radius 2 is 1.92 bits per heavy atom. The van der Waals surface area contributed by atoms with Gasteiger partial charge in [0.1, 0.15) is 18.2 Å². The highest BCUT2D eigenvalue weighted by molar-refractivity contribution is 5.87. The predicted molar refractivity (Wildman–Crippen MR) is 128 cm³/mol. The number of hydrogen-bond acceptors (Lipinski definition) is 8. The first kappa shape index (κ1) is 27.3. The number of hydrogen-bond donors (Lipinski definition) is 5. The van der Waals surface area contributed by atoms with Crippen molar-refractivity contribution in [2.75, 3.05) is 20.3 Å². The van der Waals surface area contributed by atoms with Gasteiger partial charge in [0.15, 0.2) is 6.23 Å². The quantitative estimate of drug-likeness (QED) is 0.225. The van der Waals surface area contributed by atoms with Gasteiger partial charge in [-0.2, -0.15) is 0 Å². The van der Waals surface area contributed by atoms with Crippen LogP contribution in [0.2, 0.25) is 0 Å². The predicted octanol–water partition coefficient (Wildman–Crippen LogP) is -1.18. The number of aliphatic hydroxyl groups excluding tert-OH is 2. The third-order valence-electron chi connectivity index (χ3n) is 5.88. The van der Waals surface area contributed by atoms with E-state index in [1.165, 1.54) is 0 Å². The average Bonchev–Trinajstić information content (AvgIpc) is 3.14. The maximum Gasteiger partial charge on any atom is 0.330 e. The van der Waals surface area contributed by atoms with Gasteiger partial charge in [-0.1, -0.05) is 30.3 Å². The van der Waals surface area contributed by atoms with E-state index in [4.69, 9.17) is 9.47 Å². The molecule has 12 nitrogen and oxygen atoms in total. The molecule has 0 aliphatic carbocycles. The van der Waals surface area contributed by atoms with Crippen molar-refractivity contribution in [2.45, 2.75) is 56.3 Å². The number of rotatable bonds is 12. The van der Waals surface area contributed by atoms with E-state index in [0.717, 1.165) is 22.4 Å². The number of carbonyl (C=O) groups is 2. The summed E-state index contributed by atoms with van der Waals surface area (Å²) in [7, 11) is 1.57. The van der Waals surface area contributed by atoms with Crippen LogP contribution in [0.5, 0.6) is 0 Å². The number of aliphatic hydroxyl groups is 2. The fourth-order valence-electron chi connectivity index (χ4n) is 3.98. The van der Waals surface area contributed by atoms with E-state index in [-0.39, 0.29) is 18.7 Å². The Morgan fingerprint density at radius 1 is 1.17 bits per heavy atom. The van der Waals surface area contributed by atoms with Crippen LogP contribution < -0.4 is 21.9 Å². The summed E-state index contributed by atoms with van der Waals surface area (Å²) in [6.07, 6.45) is -2.93. The Bertz CT molecular complexity index is 1120. The average molecular weight is 505 g/mol. The van der Waals surface area contributed by atoms with Gasteiger partial charge in [-0.15, -0.1) is 0 Å². The zero-order valence-electron chi connectivity index (χ0n) is 20.0. The maximum atomic E-state index is 12.7. The molecule has 0 spiro atoms. The summed E-state index contributed by atoms with van der Waals surface area (Å²) in [4.78, 5) is 50.8. The molecule has 1 fully saturated rings. The number of methoxy groups -OCH3 is 1. The fraction of sp³-hybridized carbons (Fsp3) is 0.500. The van der Waals surface area contributed by atoms with Crippen molar-refractivity contribution < 1.29 is 29.3 Å². The molecule has 1 aromatic heterocycles. The molecule has 2 heterocycles. The Hall–Kier alpha value is -3.32. The summed E-state index contributed by atoms with van der Waals surface area (Å²) in [5.74, 6) is -0.758. The monoisotopic (exact) mass is 504 g/mol. The number of amides is 2. The molecular weight excluding hydrogens is 472 g/mol. The lowest BCUT2D eigenvalue weighted by Gasteiger charge is -2.20. The van der Waals surface area contributed by atoms with Gasteiger partial charge in [0, 0.05) is 45.4 Å². The molecular formula is C24H32N4O8.